The number of rotatable bonds is 11. The predicted molar refractivity (Wildman–Crippen MR) is 235 cm³/mol. The Hall–Kier alpha value is -4.38. The van der Waals surface area contributed by atoms with E-state index in [1.54, 1.807) is 41.9 Å². The molecule has 4 rings (SSSR count). The van der Waals surface area contributed by atoms with E-state index in [-0.39, 0.29) is 29.5 Å². The van der Waals surface area contributed by atoms with E-state index >= 15 is 14.4 Å². The summed E-state index contributed by atoms with van der Waals surface area (Å²) in [6.45, 7) is 33.8. The highest BCUT2D eigenvalue weighted by Gasteiger charge is 2.52. The van der Waals surface area contributed by atoms with Crippen LogP contribution in [0.1, 0.15) is 153 Å². The van der Waals surface area contributed by atoms with Crippen molar-refractivity contribution in [3.05, 3.63) is 72.9 Å². The molecule has 0 atom stereocenters. The molecule has 0 aliphatic carbocycles. The van der Waals surface area contributed by atoms with E-state index in [4.69, 9.17) is 9.68 Å². The van der Waals surface area contributed by atoms with Gasteiger partial charge in [0, 0.05) is 68.0 Å². The fourth-order valence-corrected chi connectivity index (χ4v) is 11.2. The van der Waals surface area contributed by atoms with Crippen LogP contribution in [-0.2, 0) is 24.1 Å². The number of carbonyl (C=O) groups is 6. The molecule has 62 heavy (non-hydrogen) atoms. The molecule has 3 fully saturated rings. The molecular weight excluding hydrogens is 793 g/mol. The van der Waals surface area contributed by atoms with Gasteiger partial charge in [0.1, 0.15) is 0 Å². The highest BCUT2D eigenvalue weighted by Crippen LogP contribution is 2.43. The van der Waals surface area contributed by atoms with Gasteiger partial charge in [-0.15, -0.1) is 0 Å². The lowest BCUT2D eigenvalue weighted by molar-refractivity contribution is -0.270. The van der Waals surface area contributed by atoms with Crippen LogP contribution in [0, 0.1) is 0 Å². The van der Waals surface area contributed by atoms with E-state index in [1.165, 1.54) is 23.3 Å². The van der Waals surface area contributed by atoms with E-state index in [9.17, 15) is 19.6 Å². The summed E-state index contributed by atoms with van der Waals surface area (Å²) in [5, 5.41) is 16.0. The summed E-state index contributed by atoms with van der Waals surface area (Å²) in [7, 11) is 3.14. The molecular formula is C47H70N6O9. The van der Waals surface area contributed by atoms with Gasteiger partial charge in [-0.1, -0.05) is 19.7 Å². The molecule has 6 amide bonds. The van der Waals surface area contributed by atoms with Crippen molar-refractivity contribution in [2.45, 2.75) is 173 Å². The molecule has 0 aromatic heterocycles. The maximum atomic E-state index is 15.1. The van der Waals surface area contributed by atoms with Crippen molar-refractivity contribution in [1.29, 1.82) is 0 Å². The van der Waals surface area contributed by atoms with Gasteiger partial charge in [-0.3, -0.25) is 43.5 Å². The lowest BCUT2D eigenvalue weighted by atomic mass is 9.78. The van der Waals surface area contributed by atoms with Gasteiger partial charge in [-0.25, -0.2) is 0 Å². The Morgan fingerprint density at radius 2 is 0.710 bits per heavy atom. The van der Waals surface area contributed by atoms with Gasteiger partial charge in [0.05, 0.1) is 14.2 Å². The third-order valence-electron chi connectivity index (χ3n) is 12.8. The Kier molecular flexibility index (Phi) is 14.3. The third-order valence-corrected chi connectivity index (χ3v) is 12.8. The minimum Gasteiger partial charge on any atom is -0.313 e. The molecule has 1 N–H and O–H groups in total. The van der Waals surface area contributed by atoms with Crippen LogP contribution in [-0.4, -0.2) is 136 Å². The average Bonchev–Trinajstić information content (AvgIpc) is 3.14. The second-order valence-electron chi connectivity index (χ2n) is 20.8. The van der Waals surface area contributed by atoms with E-state index < -0.39 is 86.8 Å². The summed E-state index contributed by atoms with van der Waals surface area (Å²) in [6.07, 6.45) is 4.72. The van der Waals surface area contributed by atoms with Crippen molar-refractivity contribution >= 4 is 35.4 Å². The summed E-state index contributed by atoms with van der Waals surface area (Å²) in [5.41, 5.74) is -4.95. The topological polar surface area (TPSA) is 161 Å². The highest BCUT2D eigenvalue weighted by molar-refractivity contribution is 6.14. The van der Waals surface area contributed by atoms with Gasteiger partial charge in [0.2, 0.25) is 0 Å². The van der Waals surface area contributed by atoms with E-state index in [0.717, 1.165) is 32.9 Å². The monoisotopic (exact) mass is 863 g/mol. The zero-order valence-electron chi connectivity index (χ0n) is 39.5. The number of hydroxylamine groups is 6. The molecule has 3 aliphatic heterocycles. The molecule has 0 radical (unpaired) electrons. The minimum absolute atomic E-state index is 0.184. The number of imide groups is 3. The SMILES string of the molecule is C=CC(=O)N(C(=O)c1cc(C(=O)N(C(=O)C=C)C2CC(C)(C)N(OC)C(C)(C)C2)cc(C(=O)N(C(=O)C=C)C2CC(C)(C)N(OC)C(C)(C)C2)c1)C1CC(C)(C)N(O)C(C)(C)C1. The van der Waals surface area contributed by atoms with Gasteiger partial charge in [0.25, 0.3) is 35.4 Å². The normalized spacial score (nSPS) is 22.5. The second kappa shape index (κ2) is 17.6. The Morgan fingerprint density at radius 3 is 0.903 bits per heavy atom. The zero-order valence-corrected chi connectivity index (χ0v) is 39.5. The Labute approximate surface area is 368 Å². The van der Waals surface area contributed by atoms with Crippen LogP contribution in [0.4, 0.5) is 0 Å². The van der Waals surface area contributed by atoms with Crippen molar-refractivity contribution in [2.75, 3.05) is 14.2 Å². The van der Waals surface area contributed by atoms with Crippen LogP contribution < -0.4 is 0 Å². The van der Waals surface area contributed by atoms with Crippen molar-refractivity contribution < 1.29 is 43.6 Å². The fourth-order valence-electron chi connectivity index (χ4n) is 11.2. The van der Waals surface area contributed by atoms with E-state index in [2.05, 4.69) is 19.7 Å². The Morgan fingerprint density at radius 1 is 0.500 bits per heavy atom. The summed E-state index contributed by atoms with van der Waals surface area (Å²) in [4.78, 5) is 102. The number of nitrogens with zero attached hydrogens (tertiary/aromatic N) is 6. The molecule has 15 nitrogen and oxygen atoms in total. The Bertz CT molecular complexity index is 1850. The number of hydrogen-bond donors (Lipinski definition) is 1. The molecule has 3 saturated heterocycles. The van der Waals surface area contributed by atoms with Gasteiger partial charge in [-0.05, 0) is 158 Å². The smallest absolute Gasteiger partial charge is 0.261 e. The first-order valence-electron chi connectivity index (χ1n) is 21.2. The predicted octanol–water partition coefficient (Wildman–Crippen LogP) is 6.73. The summed E-state index contributed by atoms with van der Waals surface area (Å²) >= 11 is 0. The lowest BCUT2D eigenvalue weighted by Gasteiger charge is -2.54. The first-order valence-corrected chi connectivity index (χ1v) is 21.2. The van der Waals surface area contributed by atoms with Crippen LogP contribution in [0.2, 0.25) is 0 Å². The first kappa shape index (κ1) is 50.3. The minimum atomic E-state index is -0.873. The van der Waals surface area contributed by atoms with Crippen molar-refractivity contribution in [2.24, 2.45) is 0 Å². The van der Waals surface area contributed by atoms with E-state index in [1.807, 2.05) is 65.5 Å². The van der Waals surface area contributed by atoms with Crippen LogP contribution in [0.25, 0.3) is 0 Å². The quantitative estimate of drug-likeness (QED) is 0.234. The van der Waals surface area contributed by atoms with Crippen LogP contribution in [0.3, 0.4) is 0 Å². The Balaban J connectivity index is 1.98. The summed E-state index contributed by atoms with van der Waals surface area (Å²) < 4.78 is 0. The van der Waals surface area contributed by atoms with Crippen LogP contribution in [0.5, 0.6) is 0 Å². The molecule has 3 heterocycles. The van der Waals surface area contributed by atoms with Gasteiger partial charge >= 0.3 is 0 Å². The molecule has 0 spiro atoms. The molecule has 15 heteroatoms. The maximum absolute atomic E-state index is 15.1. The van der Waals surface area contributed by atoms with Gasteiger partial charge in [-0.2, -0.15) is 15.2 Å². The summed E-state index contributed by atoms with van der Waals surface area (Å²) in [5.74, 6) is -4.56. The fraction of sp³-hybridized carbons (Fsp3) is 0.617. The van der Waals surface area contributed by atoms with Gasteiger partial charge < -0.3 is 14.9 Å². The third kappa shape index (κ3) is 9.58. The molecule has 3 aliphatic rings. The number of piperidine rings is 3. The molecule has 0 bridgehead atoms. The standard InChI is InChI=1S/C47H70N6O9/c1-18-36(54)48(33-24-42(4,5)51(60)43(6,7)25-33)39(57)30-21-31(40(58)49(37(55)19-2)34-26-44(8,9)52(61-16)45(10,11)27-34)23-32(22-30)41(59)50(38(56)20-3)35-28-46(12,13)53(62-17)47(14,15)29-35/h18-23,33-35,60H,1-3,24-29H2,4-17H3. The molecule has 0 unspecified atom stereocenters. The van der Waals surface area contributed by atoms with Crippen LogP contribution >= 0.6 is 0 Å². The number of hydrogen-bond acceptors (Lipinski definition) is 12. The highest BCUT2D eigenvalue weighted by atomic mass is 16.7. The van der Waals surface area contributed by atoms with Gasteiger partial charge in [0.15, 0.2) is 0 Å². The number of amides is 6. The van der Waals surface area contributed by atoms with Crippen LogP contribution in [0.15, 0.2) is 56.2 Å². The van der Waals surface area contributed by atoms with Crippen molar-refractivity contribution in [1.82, 2.24) is 29.9 Å². The summed E-state index contributed by atoms with van der Waals surface area (Å²) in [6, 6.07) is 1.73. The molecule has 342 valence electrons. The first-order chi connectivity index (χ1) is 28.4. The largest absolute Gasteiger partial charge is 0.313 e. The average molecular weight is 863 g/mol. The number of benzene rings is 1. The molecule has 1 aromatic carbocycles. The molecule has 1 aromatic rings. The van der Waals surface area contributed by atoms with Crippen molar-refractivity contribution in [3.8, 4) is 0 Å². The maximum Gasteiger partial charge on any atom is 0.261 e. The second-order valence-corrected chi connectivity index (χ2v) is 20.8. The van der Waals surface area contributed by atoms with E-state index in [0.29, 0.717) is 25.7 Å². The number of carbonyl (C=O) groups excluding carboxylic acids is 6. The zero-order chi connectivity index (χ0) is 47.3. The molecule has 0 saturated carbocycles. The lowest BCUT2D eigenvalue weighted by Crippen LogP contribution is -2.64. The van der Waals surface area contributed by atoms with Crippen molar-refractivity contribution in [3.63, 3.8) is 0 Å².